The van der Waals surface area contributed by atoms with E-state index in [1.807, 2.05) is 6.07 Å². The minimum atomic E-state index is -1.00. The molecule has 6 N–H and O–H groups in total. The molecule has 0 bridgehead atoms. The van der Waals surface area contributed by atoms with Crippen molar-refractivity contribution in [2.45, 2.75) is 6.54 Å². The number of benzene rings is 4. The highest BCUT2D eigenvalue weighted by Crippen LogP contribution is 2.21. The first-order chi connectivity index (χ1) is 24.8. The molecule has 5 rings (SSSR count). The molecule has 0 aliphatic heterocycles. The largest absolute Gasteiger partial charge is 0.508 e. The van der Waals surface area contributed by atoms with Crippen molar-refractivity contribution in [2.75, 3.05) is 55.5 Å². The Hall–Kier alpha value is -6.19. The molecule has 0 unspecified atom stereocenters. The van der Waals surface area contributed by atoms with Gasteiger partial charge in [-0.1, -0.05) is 30.3 Å². The van der Waals surface area contributed by atoms with Crippen LogP contribution in [0.4, 0.5) is 38.0 Å². The number of carbonyl (C=O) groups is 2. The van der Waals surface area contributed by atoms with Crippen LogP contribution in [0.1, 0.15) is 26.3 Å². The van der Waals surface area contributed by atoms with Crippen LogP contribution in [0.5, 0.6) is 5.75 Å². The molecule has 13 nitrogen and oxygen atoms in total. The maximum Gasteiger partial charge on any atom is 0.251 e. The summed E-state index contributed by atoms with van der Waals surface area (Å²) in [5.41, 5.74) is 2.14. The predicted octanol–water partition coefficient (Wildman–Crippen LogP) is 5.15. The van der Waals surface area contributed by atoms with Crippen molar-refractivity contribution in [3.8, 4) is 5.75 Å². The molecule has 0 saturated heterocycles. The second-order valence-corrected chi connectivity index (χ2v) is 10.8. The van der Waals surface area contributed by atoms with Crippen molar-refractivity contribution in [2.24, 2.45) is 0 Å². The van der Waals surface area contributed by atoms with Gasteiger partial charge in [-0.15, -0.1) is 0 Å². The number of hydrogen-bond donors (Lipinski definition) is 6. The summed E-state index contributed by atoms with van der Waals surface area (Å²) in [5, 5.41) is 24.3. The Kier molecular flexibility index (Phi) is 13.1. The van der Waals surface area contributed by atoms with Gasteiger partial charge in [0.05, 0.1) is 26.4 Å². The molecule has 0 spiro atoms. The SMILES string of the molecule is O=C(NCCOCCOCCNc1nc(Nc2ccc(O)cc2)nc(Nc2ccc(C(=O)NCc3cccc(F)c3F)cc2)n1)c1ccccc1. The van der Waals surface area contributed by atoms with Crippen LogP contribution < -0.4 is 26.6 Å². The zero-order chi connectivity index (χ0) is 35.8. The molecule has 0 aliphatic rings. The van der Waals surface area contributed by atoms with E-state index in [4.69, 9.17) is 9.47 Å². The van der Waals surface area contributed by atoms with Gasteiger partial charge in [0.25, 0.3) is 11.8 Å². The van der Waals surface area contributed by atoms with Gasteiger partial charge in [-0.25, -0.2) is 8.78 Å². The van der Waals surface area contributed by atoms with E-state index >= 15 is 0 Å². The summed E-state index contributed by atoms with van der Waals surface area (Å²) in [6.45, 7) is 1.97. The minimum Gasteiger partial charge on any atom is -0.508 e. The van der Waals surface area contributed by atoms with Crippen LogP contribution >= 0.6 is 0 Å². The Bertz CT molecular complexity index is 1880. The number of anilines is 5. The highest BCUT2D eigenvalue weighted by molar-refractivity contribution is 5.94. The van der Waals surface area contributed by atoms with Gasteiger partial charge in [0.2, 0.25) is 17.8 Å². The molecule has 0 saturated carbocycles. The van der Waals surface area contributed by atoms with E-state index in [9.17, 15) is 23.5 Å². The zero-order valence-corrected chi connectivity index (χ0v) is 27.4. The van der Waals surface area contributed by atoms with Crippen LogP contribution in [0.25, 0.3) is 0 Å². The van der Waals surface area contributed by atoms with Crippen molar-refractivity contribution >= 4 is 41.0 Å². The standard InChI is InChI=1S/C36H36F2N8O5/c37-30-8-4-7-26(31(30)38)23-41-33(49)25-9-11-27(12-10-25)42-35-44-34(45-36(46-35)43-28-13-15-29(47)16-14-28)40-18-20-51-22-21-50-19-17-39-32(48)24-5-2-1-3-6-24/h1-16,47H,17-23H2,(H,39,48)(H,41,49)(H3,40,42,43,44,45,46). The van der Waals surface area contributed by atoms with E-state index in [0.29, 0.717) is 62.0 Å². The first-order valence-corrected chi connectivity index (χ1v) is 16.0. The third-order valence-electron chi connectivity index (χ3n) is 7.10. The fourth-order valence-electron chi connectivity index (χ4n) is 4.52. The number of aromatic hydroxyl groups is 1. The molecule has 4 aromatic carbocycles. The summed E-state index contributed by atoms with van der Waals surface area (Å²) < 4.78 is 38.6. The number of hydrogen-bond acceptors (Lipinski definition) is 11. The number of rotatable bonds is 18. The third-order valence-corrected chi connectivity index (χ3v) is 7.10. The lowest BCUT2D eigenvalue weighted by Crippen LogP contribution is -2.27. The smallest absolute Gasteiger partial charge is 0.251 e. The average Bonchev–Trinajstić information content (AvgIpc) is 3.14. The molecule has 0 atom stereocenters. The van der Waals surface area contributed by atoms with Gasteiger partial charge in [0.15, 0.2) is 11.6 Å². The summed E-state index contributed by atoms with van der Waals surface area (Å²) in [6, 6.07) is 25.5. The molecule has 0 radical (unpaired) electrons. The first-order valence-electron chi connectivity index (χ1n) is 16.0. The van der Waals surface area contributed by atoms with E-state index in [1.165, 1.54) is 24.3 Å². The van der Waals surface area contributed by atoms with Crippen molar-refractivity contribution < 1.29 is 33.0 Å². The minimum absolute atomic E-state index is 0.0383. The summed E-state index contributed by atoms with van der Waals surface area (Å²) in [6.07, 6.45) is 0. The summed E-state index contributed by atoms with van der Waals surface area (Å²) in [5.74, 6) is -1.82. The van der Waals surface area contributed by atoms with E-state index in [-0.39, 0.29) is 41.6 Å². The third kappa shape index (κ3) is 11.4. The Labute approximate surface area is 292 Å². The quantitative estimate of drug-likeness (QED) is 0.0528. The molecular formula is C36H36F2N8O5. The summed E-state index contributed by atoms with van der Waals surface area (Å²) >= 11 is 0. The Morgan fingerprint density at radius 3 is 1.84 bits per heavy atom. The number of aromatic nitrogens is 3. The topological polar surface area (TPSA) is 172 Å². The predicted molar refractivity (Wildman–Crippen MR) is 187 cm³/mol. The maximum absolute atomic E-state index is 13.9. The van der Waals surface area contributed by atoms with Crippen LogP contribution in [0, 0.1) is 11.6 Å². The van der Waals surface area contributed by atoms with Crippen molar-refractivity contribution in [1.29, 1.82) is 0 Å². The number of nitrogens with zero attached hydrogens (tertiary/aromatic N) is 3. The summed E-state index contributed by atoms with van der Waals surface area (Å²) in [4.78, 5) is 38.0. The second kappa shape index (κ2) is 18.5. The molecule has 5 aromatic rings. The summed E-state index contributed by atoms with van der Waals surface area (Å²) in [7, 11) is 0. The first kappa shape index (κ1) is 36.1. The van der Waals surface area contributed by atoms with Crippen LogP contribution in [0.15, 0.2) is 97.1 Å². The molecule has 1 heterocycles. The van der Waals surface area contributed by atoms with E-state index in [0.717, 1.165) is 6.07 Å². The number of amides is 2. The number of phenolic OH excluding ortho intramolecular Hbond substituents is 1. The molecular weight excluding hydrogens is 662 g/mol. The highest BCUT2D eigenvalue weighted by Gasteiger charge is 2.12. The lowest BCUT2D eigenvalue weighted by atomic mass is 10.1. The Morgan fingerprint density at radius 2 is 1.18 bits per heavy atom. The fourth-order valence-corrected chi connectivity index (χ4v) is 4.52. The Morgan fingerprint density at radius 1 is 0.608 bits per heavy atom. The molecule has 51 heavy (non-hydrogen) atoms. The monoisotopic (exact) mass is 698 g/mol. The molecule has 264 valence electrons. The fraction of sp³-hybridized carbons (Fsp3) is 0.194. The van der Waals surface area contributed by atoms with Crippen LogP contribution in [-0.4, -0.2) is 71.4 Å². The molecule has 15 heteroatoms. The Balaban J connectivity index is 1.10. The number of phenols is 1. The van der Waals surface area contributed by atoms with Gasteiger partial charge in [0, 0.05) is 47.7 Å². The maximum atomic E-state index is 13.9. The van der Waals surface area contributed by atoms with E-state index in [2.05, 4.69) is 41.5 Å². The van der Waals surface area contributed by atoms with Crippen LogP contribution in [-0.2, 0) is 16.0 Å². The average molecular weight is 699 g/mol. The normalized spacial score (nSPS) is 10.7. The zero-order valence-electron chi connectivity index (χ0n) is 27.4. The second-order valence-electron chi connectivity index (χ2n) is 10.8. The van der Waals surface area contributed by atoms with Gasteiger partial charge in [-0.2, -0.15) is 15.0 Å². The van der Waals surface area contributed by atoms with Gasteiger partial charge in [0.1, 0.15) is 5.75 Å². The van der Waals surface area contributed by atoms with Crippen LogP contribution in [0.3, 0.4) is 0 Å². The van der Waals surface area contributed by atoms with Crippen molar-refractivity contribution in [3.05, 3.63) is 125 Å². The number of ether oxygens (including phenoxy) is 2. The number of carbonyl (C=O) groups excluding carboxylic acids is 2. The highest BCUT2D eigenvalue weighted by atomic mass is 19.2. The van der Waals surface area contributed by atoms with Gasteiger partial charge in [-0.05, 0) is 66.7 Å². The van der Waals surface area contributed by atoms with Gasteiger partial charge >= 0.3 is 0 Å². The molecule has 2 amide bonds. The van der Waals surface area contributed by atoms with E-state index in [1.54, 1.807) is 60.7 Å². The molecule has 1 aromatic heterocycles. The van der Waals surface area contributed by atoms with Crippen molar-refractivity contribution in [1.82, 2.24) is 25.6 Å². The lowest BCUT2D eigenvalue weighted by Gasteiger charge is -2.12. The number of nitrogens with one attached hydrogen (secondary N) is 5. The lowest BCUT2D eigenvalue weighted by molar-refractivity contribution is 0.0519. The van der Waals surface area contributed by atoms with Gasteiger partial charge in [-0.3, -0.25) is 9.59 Å². The van der Waals surface area contributed by atoms with Crippen molar-refractivity contribution in [3.63, 3.8) is 0 Å². The van der Waals surface area contributed by atoms with Crippen LogP contribution in [0.2, 0.25) is 0 Å². The molecule has 0 aliphatic carbocycles. The van der Waals surface area contributed by atoms with E-state index < -0.39 is 17.5 Å². The molecule has 0 fully saturated rings. The van der Waals surface area contributed by atoms with Gasteiger partial charge < -0.3 is 41.2 Å². The number of halogens is 2.